The molecule has 1 aromatic rings. The van der Waals surface area contributed by atoms with E-state index in [1.54, 1.807) is 6.92 Å². The van der Waals surface area contributed by atoms with Crippen LogP contribution in [0.3, 0.4) is 0 Å². The average molecular weight is 364 g/mol. The van der Waals surface area contributed by atoms with Crippen LogP contribution in [0.2, 0.25) is 0 Å². The molecule has 0 radical (unpaired) electrons. The number of hydrogen-bond acceptors (Lipinski definition) is 3. The molecule has 1 aromatic carbocycles. The van der Waals surface area contributed by atoms with Crippen molar-refractivity contribution in [1.29, 1.82) is 0 Å². The van der Waals surface area contributed by atoms with Gasteiger partial charge in [0, 0.05) is 5.69 Å². The highest BCUT2D eigenvalue weighted by atomic mass is 16.2. The van der Waals surface area contributed by atoms with Crippen LogP contribution in [0.1, 0.15) is 24.5 Å². The largest absolute Gasteiger partial charge is 0.324 e. The van der Waals surface area contributed by atoms with Crippen molar-refractivity contribution in [1.82, 2.24) is 4.90 Å². The SMILES string of the molecule is Cc1cccc(NC(=O)[C@H](C)N2C(=O)[C@@H]3[C@H]4C=C[C@@H]([C@@H]5C[C@H]45)[C@H]3C2=O)c1C. The molecule has 1 saturated heterocycles. The molecule has 2 saturated carbocycles. The summed E-state index contributed by atoms with van der Waals surface area (Å²) in [5, 5.41) is 2.91. The molecule has 1 heterocycles. The highest BCUT2D eigenvalue weighted by Crippen LogP contribution is 2.65. The van der Waals surface area contributed by atoms with Gasteiger partial charge in [0.1, 0.15) is 6.04 Å². The molecule has 27 heavy (non-hydrogen) atoms. The van der Waals surface area contributed by atoms with Crippen LogP contribution >= 0.6 is 0 Å². The Labute approximate surface area is 158 Å². The van der Waals surface area contributed by atoms with Crippen molar-refractivity contribution in [3.05, 3.63) is 41.5 Å². The molecule has 5 nitrogen and oxygen atoms in total. The number of nitrogens with zero attached hydrogens (tertiary/aromatic N) is 1. The zero-order valence-corrected chi connectivity index (χ0v) is 15.8. The van der Waals surface area contributed by atoms with Gasteiger partial charge in [0.15, 0.2) is 0 Å². The fourth-order valence-corrected chi connectivity index (χ4v) is 5.60. The highest BCUT2D eigenvalue weighted by Gasteiger charge is 2.67. The lowest BCUT2D eigenvalue weighted by Gasteiger charge is -2.37. The van der Waals surface area contributed by atoms with Gasteiger partial charge in [-0.3, -0.25) is 19.3 Å². The summed E-state index contributed by atoms with van der Waals surface area (Å²) < 4.78 is 0. The third-order valence-electron chi connectivity index (χ3n) is 7.33. The summed E-state index contributed by atoms with van der Waals surface area (Å²) >= 11 is 0. The monoisotopic (exact) mass is 364 g/mol. The highest BCUT2D eigenvalue weighted by molar-refractivity contribution is 6.10. The number of anilines is 1. The Kier molecular flexibility index (Phi) is 3.43. The molecular formula is C22H24N2O3. The second kappa shape index (κ2) is 5.54. The first-order valence-corrected chi connectivity index (χ1v) is 9.82. The van der Waals surface area contributed by atoms with E-state index in [4.69, 9.17) is 0 Å². The zero-order valence-electron chi connectivity index (χ0n) is 15.8. The maximum atomic E-state index is 13.1. The van der Waals surface area contributed by atoms with Gasteiger partial charge in [-0.2, -0.15) is 0 Å². The van der Waals surface area contributed by atoms with Gasteiger partial charge >= 0.3 is 0 Å². The first kappa shape index (κ1) is 16.7. The van der Waals surface area contributed by atoms with Gasteiger partial charge in [0.25, 0.3) is 0 Å². The molecule has 4 aliphatic carbocycles. The van der Waals surface area contributed by atoms with Crippen LogP contribution in [0.5, 0.6) is 0 Å². The number of rotatable bonds is 3. The van der Waals surface area contributed by atoms with Crippen molar-refractivity contribution in [2.24, 2.45) is 35.5 Å². The van der Waals surface area contributed by atoms with Crippen molar-refractivity contribution in [3.63, 3.8) is 0 Å². The van der Waals surface area contributed by atoms with Gasteiger partial charge in [0.05, 0.1) is 11.8 Å². The molecule has 7 atom stereocenters. The molecule has 0 aromatic heterocycles. The number of carbonyl (C=O) groups excluding carboxylic acids is 3. The number of aryl methyl sites for hydroxylation is 1. The third-order valence-corrected chi connectivity index (χ3v) is 7.33. The van der Waals surface area contributed by atoms with E-state index in [0.717, 1.165) is 23.2 Å². The van der Waals surface area contributed by atoms with Crippen LogP contribution in [-0.4, -0.2) is 28.7 Å². The molecule has 140 valence electrons. The summed E-state index contributed by atoms with van der Waals surface area (Å²) in [6.45, 7) is 5.59. The van der Waals surface area contributed by atoms with Crippen LogP contribution in [0, 0.1) is 49.4 Å². The van der Waals surface area contributed by atoms with E-state index < -0.39 is 6.04 Å². The fourth-order valence-electron chi connectivity index (χ4n) is 5.60. The van der Waals surface area contributed by atoms with Crippen LogP contribution in [-0.2, 0) is 14.4 Å². The first-order chi connectivity index (χ1) is 12.9. The Morgan fingerprint density at radius 1 is 1.07 bits per heavy atom. The number of likely N-dealkylation sites (tertiary alicyclic amines) is 1. The average Bonchev–Trinajstić information content (AvgIpc) is 3.42. The molecule has 5 aliphatic rings. The molecule has 1 N–H and O–H groups in total. The number of hydrogen-bond donors (Lipinski definition) is 1. The second-order valence-corrected chi connectivity index (χ2v) is 8.61. The summed E-state index contributed by atoms with van der Waals surface area (Å²) in [4.78, 5) is 40.3. The van der Waals surface area contributed by atoms with Gasteiger partial charge in [-0.15, -0.1) is 0 Å². The predicted molar refractivity (Wildman–Crippen MR) is 101 cm³/mol. The zero-order chi connectivity index (χ0) is 19.0. The lowest BCUT2D eigenvalue weighted by atomic mass is 9.63. The Balaban J connectivity index is 1.39. The molecular weight excluding hydrogens is 340 g/mol. The van der Waals surface area contributed by atoms with E-state index in [0.29, 0.717) is 11.8 Å². The van der Waals surface area contributed by atoms with E-state index in [-0.39, 0.29) is 41.4 Å². The minimum absolute atomic E-state index is 0.154. The van der Waals surface area contributed by atoms with E-state index in [1.165, 1.54) is 4.90 Å². The minimum Gasteiger partial charge on any atom is -0.324 e. The maximum Gasteiger partial charge on any atom is 0.247 e. The summed E-state index contributed by atoms with van der Waals surface area (Å²) in [7, 11) is 0. The van der Waals surface area contributed by atoms with E-state index in [2.05, 4.69) is 17.5 Å². The van der Waals surface area contributed by atoms with Crippen molar-refractivity contribution in [2.75, 3.05) is 5.32 Å². The van der Waals surface area contributed by atoms with Gasteiger partial charge in [-0.25, -0.2) is 0 Å². The lowest BCUT2D eigenvalue weighted by molar-refractivity contribution is -0.146. The van der Waals surface area contributed by atoms with Crippen LogP contribution < -0.4 is 5.32 Å². The standard InChI is InChI=1S/C22H24N2O3/c1-10-5-4-6-17(11(10)2)23-20(25)12(3)24-21(26)18-13-7-8-14(16-9-15(13)16)19(18)22(24)27/h4-8,12-16,18-19H,9H2,1-3H3,(H,23,25)/t12-,13-,14-,15-,16+,18+,19+/m0/s1. The Morgan fingerprint density at radius 3 is 2.26 bits per heavy atom. The van der Waals surface area contributed by atoms with Gasteiger partial charge in [-0.1, -0.05) is 24.3 Å². The molecule has 5 heteroatoms. The summed E-state index contributed by atoms with van der Waals surface area (Å²) in [5.74, 6) is 0.362. The fraction of sp³-hybridized carbons (Fsp3) is 0.500. The van der Waals surface area contributed by atoms with Gasteiger partial charge in [0.2, 0.25) is 17.7 Å². The van der Waals surface area contributed by atoms with Gasteiger partial charge in [-0.05, 0) is 68.1 Å². The maximum absolute atomic E-state index is 13.1. The first-order valence-electron chi connectivity index (χ1n) is 9.82. The number of benzene rings is 1. The quantitative estimate of drug-likeness (QED) is 0.662. The summed E-state index contributed by atoms with van der Waals surface area (Å²) in [6, 6.07) is 4.92. The molecule has 0 unspecified atom stereocenters. The molecule has 0 spiro atoms. The van der Waals surface area contributed by atoms with Crippen LogP contribution in [0.15, 0.2) is 30.4 Å². The molecule has 3 amide bonds. The molecule has 1 aliphatic heterocycles. The van der Waals surface area contributed by atoms with Crippen LogP contribution in [0.4, 0.5) is 5.69 Å². The summed E-state index contributed by atoms with van der Waals surface area (Å²) in [6.07, 6.45) is 5.43. The van der Waals surface area contributed by atoms with Crippen molar-refractivity contribution in [2.45, 2.75) is 33.2 Å². The second-order valence-electron chi connectivity index (χ2n) is 8.61. The van der Waals surface area contributed by atoms with E-state index in [9.17, 15) is 14.4 Å². The van der Waals surface area contributed by atoms with Crippen molar-refractivity contribution < 1.29 is 14.4 Å². The smallest absolute Gasteiger partial charge is 0.247 e. The topological polar surface area (TPSA) is 66.5 Å². The van der Waals surface area contributed by atoms with E-state index >= 15 is 0 Å². The third kappa shape index (κ3) is 2.20. The predicted octanol–water partition coefficient (Wildman–Crippen LogP) is 2.68. The molecule has 3 fully saturated rings. The summed E-state index contributed by atoms with van der Waals surface area (Å²) in [5.41, 5.74) is 2.81. The van der Waals surface area contributed by atoms with Crippen LogP contribution in [0.25, 0.3) is 0 Å². The Hall–Kier alpha value is -2.43. The van der Waals surface area contributed by atoms with E-state index in [1.807, 2.05) is 32.0 Å². The molecule has 2 bridgehead atoms. The molecule has 6 rings (SSSR count). The lowest BCUT2D eigenvalue weighted by Crippen LogP contribution is -2.46. The van der Waals surface area contributed by atoms with Crippen molar-refractivity contribution >= 4 is 23.4 Å². The van der Waals surface area contributed by atoms with Crippen molar-refractivity contribution in [3.8, 4) is 0 Å². The number of nitrogens with one attached hydrogen (secondary N) is 1. The number of amides is 3. The Bertz CT molecular complexity index is 869. The normalized spacial score (nSPS) is 36.5. The number of carbonyl (C=O) groups is 3. The number of imide groups is 1. The van der Waals surface area contributed by atoms with Gasteiger partial charge < -0.3 is 5.32 Å². The Morgan fingerprint density at radius 2 is 1.67 bits per heavy atom. The number of allylic oxidation sites excluding steroid dienone is 2. The minimum atomic E-state index is -0.800.